The summed E-state index contributed by atoms with van der Waals surface area (Å²) in [7, 11) is 0. The van der Waals surface area contributed by atoms with Crippen molar-refractivity contribution in [3.63, 3.8) is 0 Å². The number of carbonyl (C=O) groups is 1. The quantitative estimate of drug-likeness (QED) is 0.739. The molecule has 0 saturated heterocycles. The van der Waals surface area contributed by atoms with E-state index in [1.54, 1.807) is 18.3 Å². The second kappa shape index (κ2) is 3.06. The van der Waals surface area contributed by atoms with Crippen molar-refractivity contribution in [1.82, 2.24) is 4.73 Å². The highest BCUT2D eigenvalue weighted by Gasteiger charge is 2.08. The molecule has 0 amide bonds. The molecule has 14 heavy (non-hydrogen) atoms. The number of benzene rings is 1. The first-order chi connectivity index (χ1) is 6.68. The lowest BCUT2D eigenvalue weighted by atomic mass is 10.2. The Labute approximate surface area is 80.3 Å². The Bertz CT molecular complexity index is 487. The van der Waals surface area contributed by atoms with E-state index in [0.29, 0.717) is 5.39 Å². The summed E-state index contributed by atoms with van der Waals surface area (Å²) in [4.78, 5) is 15.4. The van der Waals surface area contributed by atoms with Crippen molar-refractivity contribution in [3.05, 3.63) is 30.5 Å². The van der Waals surface area contributed by atoms with Gasteiger partial charge in [0.05, 0.1) is 6.20 Å². The predicted octanol–water partition coefficient (Wildman–Crippen LogP) is 1.32. The van der Waals surface area contributed by atoms with Gasteiger partial charge in [-0.2, -0.15) is 0 Å². The number of carbonyl (C=O) groups excluding carboxylic acids is 1. The summed E-state index contributed by atoms with van der Waals surface area (Å²) < 4.78 is 1.06. The van der Waals surface area contributed by atoms with Crippen LogP contribution in [0.25, 0.3) is 10.8 Å². The van der Waals surface area contributed by atoms with Gasteiger partial charge in [0.15, 0.2) is 0 Å². The largest absolute Gasteiger partial charge is 0.492 e. The molecule has 0 unspecified atom stereocenters. The Balaban J connectivity index is 2.57. The predicted molar refractivity (Wildman–Crippen MR) is 50.9 cm³/mol. The fourth-order valence-corrected chi connectivity index (χ4v) is 1.33. The lowest BCUT2D eigenvalue weighted by molar-refractivity contribution is -0.142. The van der Waals surface area contributed by atoms with Crippen LogP contribution in [0.5, 0.6) is 5.88 Å². The number of hydrogen-bond acceptors (Lipinski definition) is 3. The van der Waals surface area contributed by atoms with Crippen LogP contribution in [0.3, 0.4) is 0 Å². The maximum absolute atomic E-state index is 10.7. The third-order valence-electron chi connectivity index (χ3n) is 1.89. The minimum Gasteiger partial charge on any atom is -0.492 e. The lowest BCUT2D eigenvalue weighted by Gasteiger charge is -2.01. The fraction of sp³-hybridized carbons (Fsp3) is 0.100. The molecule has 0 aliphatic rings. The lowest BCUT2D eigenvalue weighted by Crippen LogP contribution is -2.14. The fourth-order valence-electron chi connectivity index (χ4n) is 1.33. The number of rotatable bonds is 1. The zero-order valence-corrected chi connectivity index (χ0v) is 7.60. The molecular weight excluding hydrogens is 182 g/mol. The highest BCUT2D eigenvalue weighted by atomic mass is 16.7. The Hall–Kier alpha value is -1.97. The van der Waals surface area contributed by atoms with Crippen LogP contribution in [0, 0.1) is 0 Å². The smallest absolute Gasteiger partial charge is 0.330 e. The van der Waals surface area contributed by atoms with E-state index in [1.165, 1.54) is 6.92 Å². The van der Waals surface area contributed by atoms with Gasteiger partial charge in [0, 0.05) is 17.7 Å². The third-order valence-corrected chi connectivity index (χ3v) is 1.89. The molecule has 1 heterocycles. The highest BCUT2D eigenvalue weighted by Crippen LogP contribution is 2.25. The number of aromatic nitrogens is 1. The molecule has 0 radical (unpaired) electrons. The maximum atomic E-state index is 10.7. The monoisotopic (exact) mass is 191 g/mol. The Kier molecular flexibility index (Phi) is 1.89. The molecule has 0 saturated carbocycles. The third kappa shape index (κ3) is 1.31. The summed E-state index contributed by atoms with van der Waals surface area (Å²) in [6.07, 6.45) is 1.56. The Morgan fingerprint density at radius 2 is 2.14 bits per heavy atom. The minimum absolute atomic E-state index is 0.0594. The molecule has 0 fully saturated rings. The average molecular weight is 191 g/mol. The molecule has 0 aliphatic carbocycles. The van der Waals surface area contributed by atoms with E-state index in [4.69, 9.17) is 4.84 Å². The summed E-state index contributed by atoms with van der Waals surface area (Å²) in [5.41, 5.74) is 0. The van der Waals surface area contributed by atoms with E-state index in [9.17, 15) is 9.90 Å². The molecular formula is C10H9NO3. The van der Waals surface area contributed by atoms with Gasteiger partial charge in [-0.3, -0.25) is 0 Å². The van der Waals surface area contributed by atoms with E-state index >= 15 is 0 Å². The maximum Gasteiger partial charge on any atom is 0.330 e. The van der Waals surface area contributed by atoms with Crippen LogP contribution in [0.1, 0.15) is 6.92 Å². The van der Waals surface area contributed by atoms with Crippen LogP contribution in [-0.2, 0) is 4.79 Å². The van der Waals surface area contributed by atoms with Crippen molar-refractivity contribution < 1.29 is 14.7 Å². The van der Waals surface area contributed by atoms with E-state index < -0.39 is 5.97 Å². The van der Waals surface area contributed by atoms with Crippen LogP contribution in [0.4, 0.5) is 0 Å². The number of fused-ring (bicyclic) bond motifs is 1. The summed E-state index contributed by atoms with van der Waals surface area (Å²) in [5, 5.41) is 11.1. The van der Waals surface area contributed by atoms with Crippen molar-refractivity contribution >= 4 is 16.7 Å². The van der Waals surface area contributed by atoms with Gasteiger partial charge < -0.3 is 9.94 Å². The normalized spacial score (nSPS) is 10.4. The van der Waals surface area contributed by atoms with Gasteiger partial charge in [0.1, 0.15) is 0 Å². The van der Waals surface area contributed by atoms with E-state index in [-0.39, 0.29) is 5.88 Å². The van der Waals surface area contributed by atoms with Crippen LogP contribution in [0.15, 0.2) is 30.5 Å². The first-order valence-corrected chi connectivity index (χ1v) is 4.16. The standard InChI is InChI=1S/C10H9NO3/c1-7(12)14-11-6-8-4-2-3-5-9(8)10(11)13/h2-6,13H,1H3. The molecule has 72 valence electrons. The second-order valence-electron chi connectivity index (χ2n) is 2.95. The molecule has 0 spiro atoms. The number of nitrogens with zero attached hydrogens (tertiary/aromatic N) is 1. The van der Waals surface area contributed by atoms with Gasteiger partial charge in [-0.05, 0) is 6.07 Å². The van der Waals surface area contributed by atoms with Crippen molar-refractivity contribution in [2.24, 2.45) is 0 Å². The van der Waals surface area contributed by atoms with Crippen LogP contribution >= 0.6 is 0 Å². The average Bonchev–Trinajstić information content (AvgIpc) is 2.44. The van der Waals surface area contributed by atoms with Gasteiger partial charge >= 0.3 is 5.97 Å². The minimum atomic E-state index is -0.472. The second-order valence-corrected chi connectivity index (χ2v) is 2.95. The molecule has 0 bridgehead atoms. The first-order valence-electron chi connectivity index (χ1n) is 4.16. The molecule has 0 atom stereocenters. The van der Waals surface area contributed by atoms with Crippen molar-refractivity contribution in [1.29, 1.82) is 0 Å². The summed E-state index contributed by atoms with van der Waals surface area (Å²) in [5.74, 6) is -0.531. The molecule has 1 aromatic heterocycles. The first kappa shape index (κ1) is 8.62. The highest BCUT2D eigenvalue weighted by molar-refractivity contribution is 5.87. The van der Waals surface area contributed by atoms with Gasteiger partial charge in [-0.15, -0.1) is 4.73 Å². The summed E-state index contributed by atoms with van der Waals surface area (Å²) in [6.45, 7) is 1.28. The van der Waals surface area contributed by atoms with Gasteiger partial charge in [-0.1, -0.05) is 18.2 Å². The number of hydrogen-bond donors (Lipinski definition) is 1. The summed E-state index contributed by atoms with van der Waals surface area (Å²) in [6, 6.07) is 7.24. The van der Waals surface area contributed by atoms with Gasteiger partial charge in [-0.25, -0.2) is 4.79 Å². The Morgan fingerprint density at radius 3 is 2.79 bits per heavy atom. The van der Waals surface area contributed by atoms with Crippen LogP contribution in [0.2, 0.25) is 0 Å². The Morgan fingerprint density at radius 1 is 1.43 bits per heavy atom. The van der Waals surface area contributed by atoms with Crippen molar-refractivity contribution in [2.45, 2.75) is 6.92 Å². The summed E-state index contributed by atoms with van der Waals surface area (Å²) >= 11 is 0. The zero-order chi connectivity index (χ0) is 10.1. The van der Waals surface area contributed by atoms with Crippen molar-refractivity contribution in [3.8, 4) is 5.88 Å². The van der Waals surface area contributed by atoms with Crippen molar-refractivity contribution in [2.75, 3.05) is 0 Å². The number of aromatic hydroxyl groups is 1. The molecule has 1 aromatic carbocycles. The molecule has 4 heteroatoms. The molecule has 4 nitrogen and oxygen atoms in total. The van der Waals surface area contributed by atoms with Gasteiger partial charge in [0.2, 0.25) is 5.88 Å². The van der Waals surface area contributed by atoms with E-state index in [2.05, 4.69) is 0 Å². The molecule has 0 aliphatic heterocycles. The molecule has 2 rings (SSSR count). The topological polar surface area (TPSA) is 51.5 Å². The van der Waals surface area contributed by atoms with Gasteiger partial charge in [0.25, 0.3) is 0 Å². The van der Waals surface area contributed by atoms with Crippen LogP contribution < -0.4 is 4.84 Å². The SMILES string of the molecule is CC(=O)On1cc2ccccc2c1O. The van der Waals surface area contributed by atoms with Crippen LogP contribution in [-0.4, -0.2) is 15.8 Å². The zero-order valence-electron chi connectivity index (χ0n) is 7.60. The van der Waals surface area contributed by atoms with E-state index in [0.717, 1.165) is 10.1 Å². The van der Waals surface area contributed by atoms with E-state index in [1.807, 2.05) is 12.1 Å². The molecule has 1 N–H and O–H groups in total. The molecule has 2 aromatic rings.